The molecule has 5 heteroatoms. The molecule has 0 unspecified atom stereocenters. The third-order valence-corrected chi connectivity index (χ3v) is 4.47. The zero-order valence-electron chi connectivity index (χ0n) is 11.1. The average Bonchev–Trinajstić information content (AvgIpc) is 2.31. The molecule has 0 saturated heterocycles. The summed E-state index contributed by atoms with van der Waals surface area (Å²) >= 11 is 0. The lowest BCUT2D eigenvalue weighted by atomic mass is 10.5. The van der Waals surface area contributed by atoms with Gasteiger partial charge in [-0.25, -0.2) is 0 Å². The molecule has 0 aliphatic heterocycles. The SMILES string of the molecule is CCCO[Si](COC)(OCCC)OCCC. The summed E-state index contributed by atoms with van der Waals surface area (Å²) < 4.78 is 22.6. The Balaban J connectivity index is 4.32. The molecule has 0 N–H and O–H groups in total. The first kappa shape index (κ1) is 16.1. The summed E-state index contributed by atoms with van der Waals surface area (Å²) in [5.74, 6) is 0. The van der Waals surface area contributed by atoms with Crippen LogP contribution in [0, 0.1) is 0 Å². The van der Waals surface area contributed by atoms with E-state index in [0.29, 0.717) is 26.1 Å². The maximum Gasteiger partial charge on any atom is 0.528 e. The van der Waals surface area contributed by atoms with Crippen LogP contribution in [-0.4, -0.2) is 42.0 Å². The first-order valence-electron chi connectivity index (χ1n) is 6.15. The molecule has 4 nitrogen and oxygen atoms in total. The van der Waals surface area contributed by atoms with Crippen molar-refractivity contribution in [3.8, 4) is 0 Å². The number of ether oxygens (including phenoxy) is 1. The predicted molar refractivity (Wildman–Crippen MR) is 66.4 cm³/mol. The Morgan fingerprint density at radius 2 is 1.12 bits per heavy atom. The third-order valence-electron chi connectivity index (χ3n) is 1.90. The van der Waals surface area contributed by atoms with Crippen LogP contribution in [0.1, 0.15) is 40.0 Å². The average molecular weight is 250 g/mol. The fourth-order valence-corrected chi connectivity index (χ4v) is 3.60. The Labute approximate surface area is 101 Å². The normalized spacial score (nSPS) is 12.0. The zero-order valence-corrected chi connectivity index (χ0v) is 12.1. The zero-order chi connectivity index (χ0) is 12.3. The van der Waals surface area contributed by atoms with E-state index in [1.165, 1.54) is 0 Å². The Kier molecular flexibility index (Phi) is 10.3. The van der Waals surface area contributed by atoms with Crippen LogP contribution in [0.3, 0.4) is 0 Å². The highest BCUT2D eigenvalue weighted by Crippen LogP contribution is 2.12. The van der Waals surface area contributed by atoms with E-state index in [-0.39, 0.29) is 0 Å². The Bertz CT molecular complexity index is 133. The lowest BCUT2D eigenvalue weighted by molar-refractivity contribution is 0.0316. The van der Waals surface area contributed by atoms with Crippen molar-refractivity contribution in [2.45, 2.75) is 40.0 Å². The monoisotopic (exact) mass is 250 g/mol. The van der Waals surface area contributed by atoms with Gasteiger partial charge in [-0.2, -0.15) is 0 Å². The molecular formula is C11H26O4Si. The number of hydrogen-bond acceptors (Lipinski definition) is 4. The minimum absolute atomic E-state index is 0.438. The smallest absolute Gasteiger partial charge is 0.380 e. The van der Waals surface area contributed by atoms with Crippen molar-refractivity contribution in [3.05, 3.63) is 0 Å². The van der Waals surface area contributed by atoms with Crippen LogP contribution < -0.4 is 0 Å². The lowest BCUT2D eigenvalue weighted by Crippen LogP contribution is -2.51. The topological polar surface area (TPSA) is 36.9 Å². The molecule has 0 aromatic rings. The van der Waals surface area contributed by atoms with Crippen molar-refractivity contribution < 1.29 is 18.0 Å². The Hall–Kier alpha value is 0.0569. The van der Waals surface area contributed by atoms with Gasteiger partial charge in [0.15, 0.2) is 0 Å². The Morgan fingerprint density at radius 1 is 0.750 bits per heavy atom. The largest absolute Gasteiger partial charge is 0.528 e. The van der Waals surface area contributed by atoms with Crippen molar-refractivity contribution >= 4 is 8.80 Å². The number of hydrogen-bond donors (Lipinski definition) is 0. The molecule has 0 aliphatic rings. The number of rotatable bonds is 11. The summed E-state index contributed by atoms with van der Waals surface area (Å²) in [6, 6.07) is 0. The Morgan fingerprint density at radius 3 is 1.38 bits per heavy atom. The molecule has 0 rings (SSSR count). The molecule has 0 aliphatic carbocycles. The van der Waals surface area contributed by atoms with Gasteiger partial charge in [-0.1, -0.05) is 20.8 Å². The highest BCUT2D eigenvalue weighted by molar-refractivity contribution is 6.60. The summed E-state index contributed by atoms with van der Waals surface area (Å²) in [5, 5.41) is 0. The van der Waals surface area contributed by atoms with Crippen molar-refractivity contribution in [1.82, 2.24) is 0 Å². The van der Waals surface area contributed by atoms with Gasteiger partial charge in [0, 0.05) is 26.9 Å². The first-order valence-corrected chi connectivity index (χ1v) is 8.08. The van der Waals surface area contributed by atoms with E-state index in [1.807, 2.05) is 0 Å². The van der Waals surface area contributed by atoms with Crippen molar-refractivity contribution in [3.63, 3.8) is 0 Å². The fourth-order valence-electron chi connectivity index (χ4n) is 1.20. The second kappa shape index (κ2) is 10.2. The van der Waals surface area contributed by atoms with Crippen LogP contribution in [-0.2, 0) is 18.0 Å². The van der Waals surface area contributed by atoms with Crippen molar-refractivity contribution in [2.24, 2.45) is 0 Å². The molecule has 0 fully saturated rings. The van der Waals surface area contributed by atoms with Gasteiger partial charge in [0.1, 0.15) is 6.23 Å². The van der Waals surface area contributed by atoms with Gasteiger partial charge in [0.25, 0.3) is 0 Å². The molecule has 0 radical (unpaired) electrons. The molecule has 0 amide bonds. The second-order valence-corrected chi connectivity index (χ2v) is 6.18. The molecule has 0 spiro atoms. The van der Waals surface area contributed by atoms with Crippen LogP contribution in [0.4, 0.5) is 0 Å². The summed E-state index contributed by atoms with van der Waals surface area (Å²) in [6.07, 6.45) is 3.32. The molecule has 0 aromatic heterocycles. The number of methoxy groups -OCH3 is 1. The van der Waals surface area contributed by atoms with Gasteiger partial charge in [-0.3, -0.25) is 0 Å². The second-order valence-electron chi connectivity index (χ2n) is 3.66. The van der Waals surface area contributed by atoms with Crippen LogP contribution in [0.25, 0.3) is 0 Å². The van der Waals surface area contributed by atoms with Gasteiger partial charge in [-0.15, -0.1) is 0 Å². The summed E-state index contributed by atoms with van der Waals surface area (Å²) in [7, 11) is -0.926. The highest BCUT2D eigenvalue weighted by atomic mass is 28.4. The van der Waals surface area contributed by atoms with Crippen LogP contribution in [0.2, 0.25) is 0 Å². The minimum Gasteiger partial charge on any atom is -0.380 e. The third kappa shape index (κ3) is 6.60. The fraction of sp³-hybridized carbons (Fsp3) is 1.00. The van der Waals surface area contributed by atoms with Gasteiger partial charge in [-0.05, 0) is 19.3 Å². The van der Waals surface area contributed by atoms with Crippen molar-refractivity contribution in [1.29, 1.82) is 0 Å². The molecule has 0 atom stereocenters. The van der Waals surface area contributed by atoms with Crippen LogP contribution in [0.5, 0.6) is 0 Å². The lowest BCUT2D eigenvalue weighted by Gasteiger charge is -2.28. The van der Waals surface area contributed by atoms with E-state index < -0.39 is 8.80 Å². The maximum atomic E-state index is 5.79. The molecule has 0 heterocycles. The van der Waals surface area contributed by atoms with Crippen LogP contribution >= 0.6 is 0 Å². The standard InChI is InChI=1S/C11H26O4Si/c1-5-8-13-16(11-12-4,14-9-6-2)15-10-7-3/h5-11H2,1-4H3. The van der Waals surface area contributed by atoms with Gasteiger partial charge in [0.05, 0.1) is 0 Å². The van der Waals surface area contributed by atoms with E-state index in [1.54, 1.807) is 7.11 Å². The molecule has 0 aromatic carbocycles. The first-order chi connectivity index (χ1) is 7.74. The molecule has 98 valence electrons. The highest BCUT2D eigenvalue weighted by Gasteiger charge is 2.41. The summed E-state index contributed by atoms with van der Waals surface area (Å²) in [5.41, 5.74) is 0. The van der Waals surface area contributed by atoms with Crippen LogP contribution in [0.15, 0.2) is 0 Å². The van der Waals surface area contributed by atoms with E-state index >= 15 is 0 Å². The molecule has 0 saturated carbocycles. The quantitative estimate of drug-likeness (QED) is 0.528. The molecular weight excluding hydrogens is 224 g/mol. The van der Waals surface area contributed by atoms with Gasteiger partial charge in [0.2, 0.25) is 0 Å². The van der Waals surface area contributed by atoms with E-state index in [0.717, 1.165) is 19.3 Å². The summed E-state index contributed by atoms with van der Waals surface area (Å²) in [6.45, 7) is 8.23. The summed E-state index contributed by atoms with van der Waals surface area (Å²) in [4.78, 5) is 0. The molecule has 16 heavy (non-hydrogen) atoms. The minimum atomic E-state index is -2.58. The van der Waals surface area contributed by atoms with E-state index in [9.17, 15) is 0 Å². The van der Waals surface area contributed by atoms with Gasteiger partial charge < -0.3 is 18.0 Å². The van der Waals surface area contributed by atoms with E-state index in [4.69, 9.17) is 18.0 Å². The maximum absolute atomic E-state index is 5.79. The van der Waals surface area contributed by atoms with E-state index in [2.05, 4.69) is 20.8 Å². The molecule has 0 bridgehead atoms. The van der Waals surface area contributed by atoms with Gasteiger partial charge >= 0.3 is 8.80 Å². The predicted octanol–water partition coefficient (Wildman–Crippen LogP) is 2.39. The van der Waals surface area contributed by atoms with Crippen molar-refractivity contribution in [2.75, 3.05) is 33.2 Å².